The first kappa shape index (κ1) is 11.8. The van der Waals surface area contributed by atoms with Crippen LogP contribution >= 0.6 is 55.0 Å². The van der Waals surface area contributed by atoms with E-state index in [-0.39, 0.29) is 5.78 Å². The van der Waals surface area contributed by atoms with Crippen molar-refractivity contribution in [2.75, 3.05) is 11.5 Å². The second kappa shape index (κ2) is 5.53. The third-order valence-corrected chi connectivity index (χ3v) is 4.61. The highest BCUT2D eigenvalue weighted by atomic mass is 79.9. The Balaban J connectivity index is 2.70. The fraction of sp³-hybridized carbons (Fsp3) is 0.375. The van der Waals surface area contributed by atoms with Crippen molar-refractivity contribution < 1.29 is 4.79 Å². The van der Waals surface area contributed by atoms with Crippen molar-refractivity contribution in [2.24, 2.45) is 0 Å². The summed E-state index contributed by atoms with van der Waals surface area (Å²) in [5.41, 5.74) is 0.790. The van der Waals surface area contributed by atoms with Crippen LogP contribution in [0, 0.1) is 0 Å². The zero-order valence-electron chi connectivity index (χ0n) is 6.97. The van der Waals surface area contributed by atoms with Crippen LogP contribution in [0.15, 0.2) is 13.6 Å². The summed E-state index contributed by atoms with van der Waals surface area (Å²) in [7, 11) is 0. The number of carbonyl (C=O) groups excluding carboxylic acids is 1. The molecular weight excluding hydrogens is 336 g/mol. The summed E-state index contributed by atoms with van der Waals surface area (Å²) in [5.74, 6) is 1.74. The Bertz CT molecular complexity index is 309. The molecule has 1 rings (SSSR count). The minimum Gasteiger partial charge on any atom is -0.293 e. The van der Waals surface area contributed by atoms with Crippen molar-refractivity contribution in [2.45, 2.75) is 6.92 Å². The maximum atomic E-state index is 11.6. The smallest absolute Gasteiger partial charge is 0.174 e. The Hall–Kier alpha value is 0.680. The molecule has 0 amide bonds. The maximum Gasteiger partial charge on any atom is 0.174 e. The second-order valence-corrected chi connectivity index (χ2v) is 7.32. The molecule has 0 bridgehead atoms. The predicted molar refractivity (Wildman–Crippen MR) is 67.0 cm³/mol. The summed E-state index contributed by atoms with van der Waals surface area (Å²) >= 11 is 9.90. The van der Waals surface area contributed by atoms with Gasteiger partial charge >= 0.3 is 0 Å². The van der Waals surface area contributed by atoms with Crippen LogP contribution < -0.4 is 0 Å². The number of ketones is 1. The summed E-state index contributed by atoms with van der Waals surface area (Å²) in [6.45, 7) is 2.05. The molecule has 1 heterocycles. The van der Waals surface area contributed by atoms with E-state index in [0.29, 0.717) is 5.75 Å². The summed E-state index contributed by atoms with van der Waals surface area (Å²) in [5, 5.41) is 0. The maximum absolute atomic E-state index is 11.6. The lowest BCUT2D eigenvalue weighted by molar-refractivity contribution is 0.102. The number of carbonyl (C=O) groups is 1. The average molecular weight is 344 g/mol. The lowest BCUT2D eigenvalue weighted by Gasteiger charge is -1.96. The highest BCUT2D eigenvalue weighted by Gasteiger charge is 2.12. The number of Topliss-reactive ketones (excluding diaryl/α,β-unsaturated/α-hetero) is 1. The lowest BCUT2D eigenvalue weighted by Crippen LogP contribution is -2.01. The number of thiophene rings is 1. The SMILES string of the molecule is CCSCC(=O)c1cc(Br)sc1Br. The monoisotopic (exact) mass is 342 g/mol. The molecule has 72 valence electrons. The molecule has 0 aliphatic heterocycles. The van der Waals surface area contributed by atoms with Crippen molar-refractivity contribution in [3.05, 3.63) is 19.2 Å². The van der Waals surface area contributed by atoms with E-state index in [9.17, 15) is 4.79 Å². The second-order valence-electron chi connectivity index (χ2n) is 2.30. The Morgan fingerprint density at radius 3 is 2.77 bits per heavy atom. The van der Waals surface area contributed by atoms with Gasteiger partial charge in [-0.05, 0) is 43.7 Å². The number of rotatable bonds is 4. The van der Waals surface area contributed by atoms with Crippen molar-refractivity contribution in [3.8, 4) is 0 Å². The van der Waals surface area contributed by atoms with Crippen LogP contribution in [0.1, 0.15) is 17.3 Å². The van der Waals surface area contributed by atoms with E-state index in [1.165, 1.54) is 11.3 Å². The topological polar surface area (TPSA) is 17.1 Å². The third kappa shape index (κ3) is 3.38. The van der Waals surface area contributed by atoms with Gasteiger partial charge in [0, 0.05) is 5.56 Å². The predicted octanol–water partition coefficient (Wildman–Crippen LogP) is 4.21. The zero-order chi connectivity index (χ0) is 9.84. The number of hydrogen-bond donors (Lipinski definition) is 0. The standard InChI is InChI=1S/C8H8Br2OS2/c1-2-12-4-6(11)5-3-7(9)13-8(5)10/h3H,2,4H2,1H3. The van der Waals surface area contributed by atoms with Gasteiger partial charge in [0.15, 0.2) is 5.78 Å². The van der Waals surface area contributed by atoms with E-state index in [0.717, 1.165) is 18.9 Å². The Morgan fingerprint density at radius 2 is 2.31 bits per heavy atom. The van der Waals surface area contributed by atoms with Gasteiger partial charge < -0.3 is 0 Å². The van der Waals surface area contributed by atoms with E-state index in [1.807, 2.05) is 6.07 Å². The Labute approximate surface area is 103 Å². The zero-order valence-corrected chi connectivity index (χ0v) is 11.8. The first-order valence-electron chi connectivity index (χ1n) is 3.71. The van der Waals surface area contributed by atoms with E-state index < -0.39 is 0 Å². The van der Waals surface area contributed by atoms with E-state index in [2.05, 4.69) is 38.8 Å². The fourth-order valence-electron chi connectivity index (χ4n) is 0.803. The van der Waals surface area contributed by atoms with Crippen molar-refractivity contribution in [1.82, 2.24) is 0 Å². The molecule has 0 atom stereocenters. The largest absolute Gasteiger partial charge is 0.293 e. The number of halogens is 2. The molecule has 0 unspecified atom stereocenters. The summed E-state index contributed by atoms with van der Waals surface area (Å²) < 4.78 is 1.91. The molecule has 0 fully saturated rings. The molecule has 0 aliphatic rings. The third-order valence-electron chi connectivity index (χ3n) is 1.39. The summed E-state index contributed by atoms with van der Waals surface area (Å²) in [6.07, 6.45) is 0. The molecule has 1 aromatic heterocycles. The van der Waals surface area contributed by atoms with E-state index >= 15 is 0 Å². The molecule has 0 spiro atoms. The molecule has 0 radical (unpaired) electrons. The van der Waals surface area contributed by atoms with Gasteiger partial charge in [-0.1, -0.05) is 6.92 Å². The molecule has 13 heavy (non-hydrogen) atoms. The number of hydrogen-bond acceptors (Lipinski definition) is 3. The highest BCUT2D eigenvalue weighted by Crippen LogP contribution is 2.32. The van der Waals surface area contributed by atoms with Crippen LogP contribution in [0.2, 0.25) is 0 Å². The van der Waals surface area contributed by atoms with Gasteiger partial charge in [-0.15, -0.1) is 11.3 Å². The average Bonchev–Trinajstić information content (AvgIpc) is 2.41. The van der Waals surface area contributed by atoms with Crippen LogP contribution in [0.5, 0.6) is 0 Å². The fourth-order valence-corrected chi connectivity index (χ4v) is 4.20. The van der Waals surface area contributed by atoms with Gasteiger partial charge in [-0.25, -0.2) is 0 Å². The molecule has 0 saturated heterocycles. The van der Waals surface area contributed by atoms with Crippen LogP contribution in [0.3, 0.4) is 0 Å². The number of thioether (sulfide) groups is 1. The molecule has 0 aromatic carbocycles. The Morgan fingerprint density at radius 1 is 1.62 bits per heavy atom. The van der Waals surface area contributed by atoms with Gasteiger partial charge in [0.2, 0.25) is 0 Å². The first-order valence-corrected chi connectivity index (χ1v) is 7.26. The quantitative estimate of drug-likeness (QED) is 0.762. The van der Waals surface area contributed by atoms with Crippen molar-refractivity contribution in [3.63, 3.8) is 0 Å². The van der Waals surface area contributed by atoms with Crippen LogP contribution in [-0.4, -0.2) is 17.3 Å². The van der Waals surface area contributed by atoms with E-state index in [4.69, 9.17) is 0 Å². The highest BCUT2D eigenvalue weighted by molar-refractivity contribution is 9.12. The van der Waals surface area contributed by atoms with Crippen LogP contribution in [0.25, 0.3) is 0 Å². The summed E-state index contributed by atoms with van der Waals surface area (Å²) in [6, 6.07) is 1.87. The molecular formula is C8H8Br2OS2. The molecule has 5 heteroatoms. The van der Waals surface area contributed by atoms with Gasteiger partial charge in [0.1, 0.15) is 0 Å². The Kier molecular flexibility index (Phi) is 5.00. The van der Waals surface area contributed by atoms with Gasteiger partial charge in [-0.2, -0.15) is 11.8 Å². The van der Waals surface area contributed by atoms with Gasteiger partial charge in [0.25, 0.3) is 0 Å². The molecule has 0 aliphatic carbocycles. The lowest BCUT2D eigenvalue weighted by atomic mass is 10.2. The van der Waals surface area contributed by atoms with E-state index in [1.54, 1.807) is 11.8 Å². The minimum atomic E-state index is 0.195. The van der Waals surface area contributed by atoms with Crippen LogP contribution in [0.4, 0.5) is 0 Å². The van der Waals surface area contributed by atoms with Gasteiger partial charge in [-0.3, -0.25) is 4.79 Å². The van der Waals surface area contributed by atoms with Crippen LogP contribution in [-0.2, 0) is 0 Å². The normalized spacial score (nSPS) is 10.4. The first-order chi connectivity index (χ1) is 6.15. The van der Waals surface area contributed by atoms with Crippen molar-refractivity contribution in [1.29, 1.82) is 0 Å². The van der Waals surface area contributed by atoms with Gasteiger partial charge in [0.05, 0.1) is 13.3 Å². The van der Waals surface area contributed by atoms with Crippen molar-refractivity contribution >= 4 is 60.7 Å². The molecule has 0 N–H and O–H groups in total. The molecule has 1 nitrogen and oxygen atoms in total. The summed E-state index contributed by atoms with van der Waals surface area (Å²) in [4.78, 5) is 11.6. The molecule has 1 aromatic rings. The minimum absolute atomic E-state index is 0.195. The molecule has 0 saturated carbocycles.